The zero-order chi connectivity index (χ0) is 20.0. The first-order chi connectivity index (χ1) is 14.1. The summed E-state index contributed by atoms with van der Waals surface area (Å²) >= 11 is 6.12. The molecule has 5 rings (SSSR count). The number of amides is 1. The maximum absolute atomic E-state index is 12.9. The van der Waals surface area contributed by atoms with Gasteiger partial charge in [-0.25, -0.2) is 4.98 Å². The minimum atomic E-state index is -0.161. The Morgan fingerprint density at radius 2 is 2.14 bits per heavy atom. The third-order valence-corrected chi connectivity index (χ3v) is 5.99. The predicted octanol–water partition coefficient (Wildman–Crippen LogP) is 5.49. The molecule has 0 radical (unpaired) electrons. The minimum Gasteiger partial charge on any atom is -0.461 e. The number of halogens is 1. The Balaban J connectivity index is 1.37. The van der Waals surface area contributed by atoms with Crippen molar-refractivity contribution in [3.05, 3.63) is 70.3 Å². The van der Waals surface area contributed by atoms with Crippen molar-refractivity contribution in [2.75, 3.05) is 0 Å². The summed E-state index contributed by atoms with van der Waals surface area (Å²) in [6.45, 7) is 2.41. The quantitative estimate of drug-likeness (QED) is 0.475. The van der Waals surface area contributed by atoms with Crippen LogP contribution in [-0.2, 0) is 13.0 Å². The van der Waals surface area contributed by atoms with Crippen LogP contribution in [0.3, 0.4) is 0 Å². The van der Waals surface area contributed by atoms with Gasteiger partial charge in [0.25, 0.3) is 5.91 Å². The highest BCUT2D eigenvalue weighted by atomic mass is 35.5. The van der Waals surface area contributed by atoms with Crippen molar-refractivity contribution in [2.24, 2.45) is 0 Å². The van der Waals surface area contributed by atoms with E-state index in [4.69, 9.17) is 16.0 Å². The van der Waals surface area contributed by atoms with E-state index in [1.165, 1.54) is 19.3 Å². The van der Waals surface area contributed by atoms with Crippen molar-refractivity contribution >= 4 is 34.1 Å². The number of nitrogens with zero attached hydrogens (tertiary/aromatic N) is 2. The molecule has 0 bridgehead atoms. The molecule has 1 amide bonds. The van der Waals surface area contributed by atoms with Gasteiger partial charge in [-0.1, -0.05) is 37.1 Å². The van der Waals surface area contributed by atoms with Gasteiger partial charge in [0, 0.05) is 24.0 Å². The molecular weight excluding hydrogens is 386 g/mol. The summed E-state index contributed by atoms with van der Waals surface area (Å²) in [6.07, 6.45) is 6.12. The van der Waals surface area contributed by atoms with E-state index in [1.54, 1.807) is 16.7 Å². The van der Waals surface area contributed by atoms with Crippen molar-refractivity contribution in [3.8, 4) is 0 Å². The summed E-state index contributed by atoms with van der Waals surface area (Å²) in [5.41, 5.74) is 3.91. The van der Waals surface area contributed by atoms with E-state index in [-0.39, 0.29) is 5.91 Å². The molecule has 1 N–H and O–H groups in total. The molecule has 0 spiro atoms. The number of pyridine rings is 1. The Bertz CT molecular complexity index is 1220. The zero-order valence-electron chi connectivity index (χ0n) is 16.2. The first-order valence-electron chi connectivity index (χ1n) is 10.1. The lowest BCUT2D eigenvalue weighted by atomic mass is 9.83. The van der Waals surface area contributed by atoms with E-state index >= 15 is 0 Å². The molecule has 1 fully saturated rings. The second-order valence-electron chi connectivity index (χ2n) is 7.67. The first-order valence-corrected chi connectivity index (χ1v) is 10.5. The number of aromatic nitrogens is 2. The van der Waals surface area contributed by atoms with Crippen molar-refractivity contribution in [2.45, 2.75) is 45.1 Å². The molecule has 1 aliphatic rings. The second-order valence-corrected chi connectivity index (χ2v) is 8.10. The van der Waals surface area contributed by atoms with Crippen LogP contribution >= 0.6 is 11.6 Å². The highest BCUT2D eigenvalue weighted by molar-refractivity contribution is 6.30. The van der Waals surface area contributed by atoms with Crippen LogP contribution in [-0.4, -0.2) is 15.3 Å². The lowest BCUT2D eigenvalue weighted by Gasteiger charge is -2.22. The number of carbonyl (C=O) groups excluding carboxylic acids is 1. The molecule has 5 nitrogen and oxygen atoms in total. The maximum atomic E-state index is 12.9. The third kappa shape index (κ3) is 3.29. The molecule has 1 aliphatic carbocycles. The van der Waals surface area contributed by atoms with E-state index in [0.29, 0.717) is 29.6 Å². The summed E-state index contributed by atoms with van der Waals surface area (Å²) < 4.78 is 7.82. The normalized spacial score (nSPS) is 14.4. The fraction of sp³-hybridized carbons (Fsp3) is 0.304. The standard InChI is InChI=1S/C23H22ClN3O2/c1-2-18-22(27-13-17(24)8-9-21(27)26-18)23(28)25-12-14-6-7-16-11-20(15-4-3-5-15)29-19(16)10-14/h6-11,13,15H,2-5,12H2,1H3,(H,25,28). The molecule has 1 aromatic carbocycles. The molecule has 0 atom stereocenters. The highest BCUT2D eigenvalue weighted by Gasteiger charge is 2.23. The molecule has 0 unspecified atom stereocenters. The van der Waals surface area contributed by atoms with Gasteiger partial charge in [0.2, 0.25) is 0 Å². The van der Waals surface area contributed by atoms with Gasteiger partial charge < -0.3 is 9.73 Å². The Kier molecular flexibility index (Phi) is 4.55. The largest absolute Gasteiger partial charge is 0.461 e. The molecule has 0 saturated heterocycles. The van der Waals surface area contributed by atoms with Crippen LogP contribution in [0.5, 0.6) is 0 Å². The molecule has 3 heterocycles. The molecule has 3 aromatic heterocycles. The number of benzene rings is 1. The Morgan fingerprint density at radius 3 is 2.90 bits per heavy atom. The fourth-order valence-electron chi connectivity index (χ4n) is 3.92. The number of furan rings is 1. The van der Waals surface area contributed by atoms with E-state index in [1.807, 2.05) is 25.1 Å². The van der Waals surface area contributed by atoms with Crippen LogP contribution in [0.2, 0.25) is 5.02 Å². The number of hydrogen-bond acceptors (Lipinski definition) is 3. The van der Waals surface area contributed by atoms with E-state index in [9.17, 15) is 4.79 Å². The monoisotopic (exact) mass is 407 g/mol. The van der Waals surface area contributed by atoms with Gasteiger partial charge in [-0.05, 0) is 49.1 Å². The third-order valence-electron chi connectivity index (χ3n) is 5.77. The van der Waals surface area contributed by atoms with E-state index in [0.717, 1.165) is 33.6 Å². The summed E-state index contributed by atoms with van der Waals surface area (Å²) in [6, 6.07) is 11.9. The lowest BCUT2D eigenvalue weighted by molar-refractivity contribution is 0.0944. The van der Waals surface area contributed by atoms with Gasteiger partial charge in [0.05, 0.1) is 10.7 Å². The number of aryl methyl sites for hydroxylation is 1. The van der Waals surface area contributed by atoms with E-state index < -0.39 is 0 Å². The Hall–Kier alpha value is -2.79. The lowest BCUT2D eigenvalue weighted by Crippen LogP contribution is -2.25. The summed E-state index contributed by atoms with van der Waals surface area (Å²) in [7, 11) is 0. The van der Waals surface area contributed by atoms with Crippen LogP contribution in [0.1, 0.15) is 59.6 Å². The molecule has 1 saturated carbocycles. The van der Waals surface area contributed by atoms with Crippen LogP contribution < -0.4 is 5.32 Å². The summed E-state index contributed by atoms with van der Waals surface area (Å²) in [5, 5.41) is 4.70. The molecular formula is C23H22ClN3O2. The molecule has 4 aromatic rings. The first kappa shape index (κ1) is 18.3. The number of fused-ring (bicyclic) bond motifs is 2. The minimum absolute atomic E-state index is 0.161. The average Bonchev–Trinajstić information content (AvgIpc) is 3.24. The van der Waals surface area contributed by atoms with Crippen LogP contribution in [0.4, 0.5) is 0 Å². The average molecular weight is 408 g/mol. The highest BCUT2D eigenvalue weighted by Crippen LogP contribution is 2.38. The van der Waals surface area contributed by atoms with Crippen LogP contribution in [0.25, 0.3) is 16.6 Å². The van der Waals surface area contributed by atoms with Crippen molar-refractivity contribution in [1.82, 2.24) is 14.7 Å². The van der Waals surface area contributed by atoms with E-state index in [2.05, 4.69) is 22.4 Å². The van der Waals surface area contributed by atoms with Gasteiger partial charge in [0.1, 0.15) is 22.7 Å². The Labute approximate surface area is 173 Å². The number of nitrogens with one attached hydrogen (secondary N) is 1. The SMILES string of the molecule is CCc1nc2ccc(Cl)cn2c1C(=O)NCc1ccc2cc(C3CCC3)oc2c1. The van der Waals surface area contributed by atoms with Crippen molar-refractivity contribution in [3.63, 3.8) is 0 Å². The van der Waals surface area contributed by atoms with Gasteiger partial charge in [-0.2, -0.15) is 0 Å². The second kappa shape index (κ2) is 7.23. The van der Waals surface area contributed by atoms with Gasteiger partial charge in [0.15, 0.2) is 0 Å². The van der Waals surface area contributed by atoms with Gasteiger partial charge in [-0.15, -0.1) is 0 Å². The van der Waals surface area contributed by atoms with Crippen LogP contribution in [0.15, 0.2) is 47.0 Å². The fourth-order valence-corrected chi connectivity index (χ4v) is 4.08. The summed E-state index contributed by atoms with van der Waals surface area (Å²) in [5.74, 6) is 1.49. The zero-order valence-corrected chi connectivity index (χ0v) is 17.0. The summed E-state index contributed by atoms with van der Waals surface area (Å²) in [4.78, 5) is 17.5. The Morgan fingerprint density at radius 1 is 1.28 bits per heavy atom. The molecule has 148 valence electrons. The number of rotatable bonds is 5. The number of carbonyl (C=O) groups is 1. The smallest absolute Gasteiger partial charge is 0.270 e. The number of imidazole rings is 1. The van der Waals surface area contributed by atoms with Crippen molar-refractivity contribution < 1.29 is 9.21 Å². The predicted molar refractivity (Wildman–Crippen MR) is 114 cm³/mol. The van der Waals surface area contributed by atoms with Crippen LogP contribution in [0, 0.1) is 0 Å². The topological polar surface area (TPSA) is 59.5 Å². The van der Waals surface area contributed by atoms with Gasteiger partial charge in [-0.3, -0.25) is 9.20 Å². The number of hydrogen-bond donors (Lipinski definition) is 1. The maximum Gasteiger partial charge on any atom is 0.270 e. The van der Waals surface area contributed by atoms with Crippen molar-refractivity contribution in [1.29, 1.82) is 0 Å². The molecule has 6 heteroatoms. The van der Waals surface area contributed by atoms with Gasteiger partial charge >= 0.3 is 0 Å². The molecule has 0 aliphatic heterocycles. The molecule has 29 heavy (non-hydrogen) atoms.